The Kier molecular flexibility index (Phi) is 5.10. The normalized spacial score (nSPS) is 10.7. The van der Waals surface area contributed by atoms with E-state index in [1.165, 1.54) is 6.07 Å². The number of nitrogens with two attached hydrogens (primary N) is 2. The van der Waals surface area contributed by atoms with E-state index in [1.807, 2.05) is 7.05 Å². The highest BCUT2D eigenvalue weighted by atomic mass is 35.5. The molecule has 5 N–H and O–H groups in total. The smallest absolute Gasteiger partial charge is 0.231 e. The van der Waals surface area contributed by atoms with Gasteiger partial charge in [0.25, 0.3) is 0 Å². The van der Waals surface area contributed by atoms with E-state index in [1.54, 1.807) is 11.0 Å². The first kappa shape index (κ1) is 16.4. The van der Waals surface area contributed by atoms with Gasteiger partial charge >= 0.3 is 0 Å². The lowest BCUT2D eigenvalue weighted by atomic mass is 10.1. The van der Waals surface area contributed by atoms with Crippen LogP contribution in [0.2, 0.25) is 10.0 Å². The molecule has 0 bridgehead atoms. The van der Waals surface area contributed by atoms with E-state index < -0.39 is 0 Å². The topological polar surface area (TPSA) is 114 Å². The minimum atomic E-state index is 0.0766. The Labute approximate surface area is 137 Å². The summed E-state index contributed by atoms with van der Waals surface area (Å²) in [5.74, 6) is 0.644. The Morgan fingerprint density at radius 3 is 2.36 bits per heavy atom. The van der Waals surface area contributed by atoms with Crippen LogP contribution in [-0.4, -0.2) is 33.7 Å². The Bertz CT molecular complexity index is 638. The quantitative estimate of drug-likeness (QED) is 0.762. The van der Waals surface area contributed by atoms with Crippen LogP contribution in [0.5, 0.6) is 5.75 Å². The molecule has 0 amide bonds. The number of aromatic nitrogens is 3. The van der Waals surface area contributed by atoms with Crippen molar-refractivity contribution in [2.75, 3.05) is 30.0 Å². The van der Waals surface area contributed by atoms with E-state index in [9.17, 15) is 5.11 Å². The van der Waals surface area contributed by atoms with Crippen molar-refractivity contribution >= 4 is 41.0 Å². The van der Waals surface area contributed by atoms with Crippen LogP contribution < -0.4 is 16.4 Å². The predicted octanol–water partition coefficient (Wildman–Crippen LogP) is 2.12. The summed E-state index contributed by atoms with van der Waals surface area (Å²) in [5, 5.41) is 10.7. The van der Waals surface area contributed by atoms with Gasteiger partial charge in [0, 0.05) is 29.2 Å². The third-order valence-corrected chi connectivity index (χ3v) is 3.61. The molecule has 7 nitrogen and oxygen atoms in total. The van der Waals surface area contributed by atoms with Gasteiger partial charge in [-0.1, -0.05) is 23.2 Å². The van der Waals surface area contributed by atoms with Crippen LogP contribution >= 0.6 is 23.2 Å². The third-order valence-electron chi connectivity index (χ3n) is 3.06. The van der Waals surface area contributed by atoms with E-state index in [0.717, 1.165) is 6.42 Å². The summed E-state index contributed by atoms with van der Waals surface area (Å²) >= 11 is 11.9. The molecular weight excluding hydrogens is 327 g/mol. The molecule has 0 saturated carbocycles. The van der Waals surface area contributed by atoms with E-state index >= 15 is 0 Å². The zero-order valence-corrected chi connectivity index (χ0v) is 13.4. The number of hydrogen-bond donors (Lipinski definition) is 3. The number of nitrogen functional groups attached to an aromatic ring is 2. The zero-order chi connectivity index (χ0) is 16.3. The van der Waals surface area contributed by atoms with Gasteiger partial charge in [-0.2, -0.15) is 15.0 Å². The third kappa shape index (κ3) is 4.02. The average molecular weight is 343 g/mol. The van der Waals surface area contributed by atoms with Crippen molar-refractivity contribution in [1.29, 1.82) is 0 Å². The van der Waals surface area contributed by atoms with Gasteiger partial charge in [-0.25, -0.2) is 0 Å². The minimum absolute atomic E-state index is 0.0766. The molecule has 0 spiro atoms. The zero-order valence-electron chi connectivity index (χ0n) is 11.9. The highest BCUT2D eigenvalue weighted by Gasteiger charge is 2.11. The summed E-state index contributed by atoms with van der Waals surface area (Å²) in [4.78, 5) is 13.6. The molecule has 0 atom stereocenters. The maximum Gasteiger partial charge on any atom is 0.231 e. The van der Waals surface area contributed by atoms with Crippen molar-refractivity contribution in [3.8, 4) is 5.75 Å². The fraction of sp³-hybridized carbons (Fsp3) is 0.308. The van der Waals surface area contributed by atoms with Crippen molar-refractivity contribution in [2.45, 2.75) is 12.8 Å². The van der Waals surface area contributed by atoms with Crippen LogP contribution in [0.1, 0.15) is 12.0 Å². The molecule has 0 fully saturated rings. The van der Waals surface area contributed by atoms with Crippen LogP contribution in [0.4, 0.5) is 17.8 Å². The van der Waals surface area contributed by atoms with Gasteiger partial charge in [0.05, 0.1) is 0 Å². The largest absolute Gasteiger partial charge is 0.508 e. The molecule has 2 rings (SSSR count). The van der Waals surface area contributed by atoms with Gasteiger partial charge in [-0.3, -0.25) is 0 Å². The number of rotatable bonds is 5. The molecule has 22 heavy (non-hydrogen) atoms. The van der Waals surface area contributed by atoms with Gasteiger partial charge in [-0.15, -0.1) is 0 Å². The van der Waals surface area contributed by atoms with E-state index in [0.29, 0.717) is 34.5 Å². The van der Waals surface area contributed by atoms with Gasteiger partial charge in [-0.05, 0) is 25.0 Å². The Balaban J connectivity index is 1.99. The van der Waals surface area contributed by atoms with Gasteiger partial charge in [0.1, 0.15) is 5.75 Å². The predicted molar refractivity (Wildman–Crippen MR) is 88.4 cm³/mol. The molecule has 0 radical (unpaired) electrons. The second-order valence-electron chi connectivity index (χ2n) is 4.76. The number of phenols is 1. The molecule has 0 saturated heterocycles. The van der Waals surface area contributed by atoms with E-state index in [4.69, 9.17) is 34.7 Å². The second kappa shape index (κ2) is 6.85. The molecule has 1 aromatic carbocycles. The second-order valence-corrected chi connectivity index (χ2v) is 5.61. The first-order valence-electron chi connectivity index (χ1n) is 6.52. The molecule has 0 aliphatic rings. The van der Waals surface area contributed by atoms with E-state index in [2.05, 4.69) is 15.0 Å². The Hall–Kier alpha value is -1.99. The minimum Gasteiger partial charge on any atom is -0.508 e. The van der Waals surface area contributed by atoms with Gasteiger partial charge in [0.2, 0.25) is 17.8 Å². The van der Waals surface area contributed by atoms with Crippen LogP contribution in [0, 0.1) is 0 Å². The summed E-state index contributed by atoms with van der Waals surface area (Å²) in [6.45, 7) is 0.626. The van der Waals surface area contributed by atoms with Crippen LogP contribution in [0.3, 0.4) is 0 Å². The standard InChI is InChI=1S/C13H16Cl2N6O/c1-21(13-19-11(16)18-12(17)20-13)4-2-3-8-9(15)5-7(14)6-10(8)22/h5-6,22H,2-4H2,1H3,(H4,16,17,18,19,20). The highest BCUT2D eigenvalue weighted by Crippen LogP contribution is 2.31. The molecule has 0 unspecified atom stereocenters. The van der Waals surface area contributed by atoms with E-state index in [-0.39, 0.29) is 17.6 Å². The molecule has 118 valence electrons. The number of hydrogen-bond acceptors (Lipinski definition) is 7. The number of nitrogens with zero attached hydrogens (tertiary/aromatic N) is 4. The number of aromatic hydroxyl groups is 1. The summed E-state index contributed by atoms with van der Waals surface area (Å²) in [6, 6.07) is 3.08. The van der Waals surface area contributed by atoms with Crippen molar-refractivity contribution in [3.63, 3.8) is 0 Å². The van der Waals surface area contributed by atoms with Crippen LogP contribution in [-0.2, 0) is 6.42 Å². The average Bonchev–Trinajstić information content (AvgIpc) is 2.40. The maximum absolute atomic E-state index is 9.88. The fourth-order valence-electron chi connectivity index (χ4n) is 2.00. The van der Waals surface area contributed by atoms with Gasteiger partial charge < -0.3 is 21.5 Å². The lowest BCUT2D eigenvalue weighted by molar-refractivity contribution is 0.467. The van der Waals surface area contributed by atoms with Crippen molar-refractivity contribution in [2.24, 2.45) is 0 Å². The molecule has 1 heterocycles. The maximum atomic E-state index is 9.88. The Morgan fingerprint density at radius 2 is 1.77 bits per heavy atom. The molecule has 2 aromatic rings. The SMILES string of the molecule is CN(CCCc1c(O)cc(Cl)cc1Cl)c1nc(N)nc(N)n1. The monoisotopic (exact) mass is 342 g/mol. The number of benzene rings is 1. The fourth-order valence-corrected chi connectivity index (χ4v) is 2.58. The lowest BCUT2D eigenvalue weighted by Gasteiger charge is -2.17. The number of halogens is 2. The first-order chi connectivity index (χ1) is 10.4. The number of anilines is 3. The molecule has 0 aliphatic heterocycles. The lowest BCUT2D eigenvalue weighted by Crippen LogP contribution is -2.23. The summed E-state index contributed by atoms with van der Waals surface area (Å²) in [7, 11) is 1.82. The summed E-state index contributed by atoms with van der Waals surface area (Å²) < 4.78 is 0. The molecule has 1 aromatic heterocycles. The summed E-state index contributed by atoms with van der Waals surface area (Å²) in [5.41, 5.74) is 11.7. The highest BCUT2D eigenvalue weighted by molar-refractivity contribution is 6.35. The summed E-state index contributed by atoms with van der Waals surface area (Å²) in [6.07, 6.45) is 1.30. The molecular formula is C13H16Cl2N6O. The van der Waals surface area contributed by atoms with Crippen molar-refractivity contribution < 1.29 is 5.11 Å². The van der Waals surface area contributed by atoms with Crippen LogP contribution in [0.15, 0.2) is 12.1 Å². The number of phenolic OH excluding ortho intramolecular Hbond substituents is 1. The Morgan fingerprint density at radius 1 is 1.14 bits per heavy atom. The van der Waals surface area contributed by atoms with Crippen molar-refractivity contribution in [3.05, 3.63) is 27.7 Å². The molecule has 9 heteroatoms. The van der Waals surface area contributed by atoms with Crippen molar-refractivity contribution in [1.82, 2.24) is 15.0 Å². The van der Waals surface area contributed by atoms with Gasteiger partial charge in [0.15, 0.2) is 0 Å². The first-order valence-corrected chi connectivity index (χ1v) is 7.27. The molecule has 0 aliphatic carbocycles. The van der Waals surface area contributed by atoms with Crippen LogP contribution in [0.25, 0.3) is 0 Å².